The van der Waals surface area contributed by atoms with E-state index in [-0.39, 0.29) is 35.6 Å². The molecule has 1 aromatic rings. The van der Waals surface area contributed by atoms with Crippen molar-refractivity contribution in [3.63, 3.8) is 0 Å². The van der Waals surface area contributed by atoms with Crippen LogP contribution in [0.25, 0.3) is 0 Å². The molecule has 3 rings (SSSR count). The molecule has 4 nitrogen and oxygen atoms in total. The summed E-state index contributed by atoms with van der Waals surface area (Å²) in [6.07, 6.45) is 0. The fraction of sp³-hybridized carbons (Fsp3) is 0.412. The van der Waals surface area contributed by atoms with Crippen LogP contribution in [0.5, 0.6) is 0 Å². The van der Waals surface area contributed by atoms with Gasteiger partial charge in [0.05, 0.1) is 24.1 Å². The maximum Gasteiger partial charge on any atom is 0.238 e. The predicted molar refractivity (Wildman–Crippen MR) is 80.4 cm³/mol. The highest BCUT2D eigenvalue weighted by Crippen LogP contribution is 2.63. The third-order valence-corrected chi connectivity index (χ3v) is 4.52. The van der Waals surface area contributed by atoms with E-state index >= 15 is 0 Å². The molecule has 2 fully saturated rings. The van der Waals surface area contributed by atoms with Crippen molar-refractivity contribution in [3.8, 4) is 11.8 Å². The number of carbonyl (C=O) groups is 2. The van der Waals surface area contributed by atoms with Gasteiger partial charge in [-0.25, -0.2) is 4.90 Å². The number of amides is 2. The molecule has 1 heterocycles. The average Bonchev–Trinajstić information content (AvgIpc) is 2.88. The summed E-state index contributed by atoms with van der Waals surface area (Å²) < 4.78 is 0. The second-order valence-electron chi connectivity index (χ2n) is 6.32. The van der Waals surface area contributed by atoms with Crippen LogP contribution in [0, 0.1) is 36.0 Å². The summed E-state index contributed by atoms with van der Waals surface area (Å²) >= 11 is 0. The number of hydrogen-bond donors (Lipinski definition) is 1. The van der Waals surface area contributed by atoms with Gasteiger partial charge >= 0.3 is 0 Å². The molecule has 2 atom stereocenters. The summed E-state index contributed by atoms with van der Waals surface area (Å²) in [5, 5.41) is 0. The lowest BCUT2D eigenvalue weighted by atomic mass is 10.0. The first-order chi connectivity index (χ1) is 9.89. The third kappa shape index (κ3) is 1.89. The van der Waals surface area contributed by atoms with Crippen LogP contribution in [-0.4, -0.2) is 18.4 Å². The Hall–Kier alpha value is -2.12. The molecule has 1 aliphatic heterocycles. The number of benzene rings is 1. The van der Waals surface area contributed by atoms with Crippen molar-refractivity contribution in [2.75, 3.05) is 11.4 Å². The Kier molecular flexibility index (Phi) is 2.93. The number of nitrogens with zero attached hydrogens (tertiary/aromatic N) is 1. The van der Waals surface area contributed by atoms with E-state index in [0.29, 0.717) is 11.3 Å². The van der Waals surface area contributed by atoms with E-state index in [0.717, 1.165) is 5.56 Å². The normalized spacial score (nSPS) is 25.4. The fourth-order valence-corrected chi connectivity index (χ4v) is 3.26. The van der Waals surface area contributed by atoms with E-state index in [1.54, 1.807) is 0 Å². The summed E-state index contributed by atoms with van der Waals surface area (Å²) in [6, 6.07) is 5.59. The number of anilines is 1. The minimum atomic E-state index is -0.197. The van der Waals surface area contributed by atoms with Crippen molar-refractivity contribution in [1.82, 2.24) is 0 Å². The molecule has 2 N–H and O–H groups in total. The molecule has 2 amide bonds. The van der Waals surface area contributed by atoms with E-state index in [2.05, 4.69) is 11.8 Å². The Bertz CT molecular complexity index is 685. The van der Waals surface area contributed by atoms with Gasteiger partial charge in [-0.1, -0.05) is 31.8 Å². The van der Waals surface area contributed by atoms with Crippen molar-refractivity contribution < 1.29 is 9.59 Å². The van der Waals surface area contributed by atoms with Gasteiger partial charge in [-0.2, -0.15) is 0 Å². The Morgan fingerprint density at radius 2 is 1.86 bits per heavy atom. The third-order valence-electron chi connectivity index (χ3n) is 4.52. The van der Waals surface area contributed by atoms with Gasteiger partial charge in [0.1, 0.15) is 0 Å². The highest BCUT2D eigenvalue weighted by Gasteiger charge is 2.72. The maximum absolute atomic E-state index is 12.5. The molecular weight excluding hydrogens is 264 g/mol. The topological polar surface area (TPSA) is 63.4 Å². The summed E-state index contributed by atoms with van der Waals surface area (Å²) in [5.74, 6) is 5.17. The molecule has 1 saturated carbocycles. The standard InChI is InChI=1S/C17H18N2O2/c1-10-6-7-11(5-4-8-18)12(9-10)19-15(20)13-14(16(19)21)17(13,2)3/h6-7,9,13-14H,8,18H2,1-3H3. The first-order valence-electron chi connectivity index (χ1n) is 7.07. The van der Waals surface area contributed by atoms with Gasteiger partial charge in [0.2, 0.25) is 11.8 Å². The molecule has 2 aliphatic rings. The highest BCUT2D eigenvalue weighted by molar-refractivity contribution is 6.26. The van der Waals surface area contributed by atoms with Gasteiger partial charge in [-0.05, 0) is 30.0 Å². The number of aryl methyl sites for hydroxylation is 1. The molecule has 0 spiro atoms. The van der Waals surface area contributed by atoms with Crippen LogP contribution in [0.4, 0.5) is 5.69 Å². The number of imide groups is 1. The quantitative estimate of drug-likeness (QED) is 0.626. The van der Waals surface area contributed by atoms with Crippen molar-refractivity contribution in [2.24, 2.45) is 23.0 Å². The van der Waals surface area contributed by atoms with Gasteiger partial charge in [0.25, 0.3) is 0 Å². The zero-order valence-electron chi connectivity index (χ0n) is 12.4. The molecule has 1 saturated heterocycles. The average molecular weight is 282 g/mol. The number of nitrogens with two attached hydrogens (primary N) is 1. The summed E-state index contributed by atoms with van der Waals surface area (Å²) in [6.45, 7) is 6.12. The van der Waals surface area contributed by atoms with Crippen molar-refractivity contribution in [2.45, 2.75) is 20.8 Å². The Morgan fingerprint density at radius 1 is 1.24 bits per heavy atom. The highest BCUT2D eigenvalue weighted by atomic mass is 16.2. The molecule has 0 aromatic heterocycles. The molecule has 1 aliphatic carbocycles. The molecule has 4 heteroatoms. The lowest BCUT2D eigenvalue weighted by Gasteiger charge is -2.22. The maximum atomic E-state index is 12.5. The number of fused-ring (bicyclic) bond motifs is 1. The van der Waals surface area contributed by atoms with Crippen LogP contribution in [0.3, 0.4) is 0 Å². The van der Waals surface area contributed by atoms with Gasteiger partial charge in [-0.3, -0.25) is 9.59 Å². The van der Waals surface area contributed by atoms with Crippen LogP contribution < -0.4 is 10.6 Å². The molecule has 0 radical (unpaired) electrons. The lowest BCUT2D eigenvalue weighted by Crippen LogP contribution is -2.36. The van der Waals surface area contributed by atoms with E-state index in [1.165, 1.54) is 4.90 Å². The largest absolute Gasteiger partial charge is 0.320 e. The molecular formula is C17H18N2O2. The monoisotopic (exact) mass is 282 g/mol. The van der Waals surface area contributed by atoms with Crippen LogP contribution in [-0.2, 0) is 9.59 Å². The number of carbonyl (C=O) groups excluding carboxylic acids is 2. The zero-order valence-corrected chi connectivity index (χ0v) is 12.4. The lowest BCUT2D eigenvalue weighted by molar-refractivity contribution is -0.125. The van der Waals surface area contributed by atoms with Gasteiger partial charge in [-0.15, -0.1) is 0 Å². The van der Waals surface area contributed by atoms with Crippen LogP contribution in [0.1, 0.15) is 25.0 Å². The van der Waals surface area contributed by atoms with Gasteiger partial charge in [0.15, 0.2) is 0 Å². The summed E-state index contributed by atoms with van der Waals surface area (Å²) in [5.41, 5.74) is 7.47. The number of piperidine rings is 1. The van der Waals surface area contributed by atoms with Crippen molar-refractivity contribution >= 4 is 17.5 Å². The van der Waals surface area contributed by atoms with Crippen molar-refractivity contribution in [1.29, 1.82) is 0 Å². The molecule has 2 unspecified atom stereocenters. The minimum absolute atomic E-state index is 0.101. The fourth-order valence-electron chi connectivity index (χ4n) is 3.26. The molecule has 21 heavy (non-hydrogen) atoms. The minimum Gasteiger partial charge on any atom is -0.320 e. The molecule has 0 bridgehead atoms. The second kappa shape index (κ2) is 4.44. The predicted octanol–water partition coefficient (Wildman–Crippen LogP) is 1.45. The van der Waals surface area contributed by atoms with Gasteiger partial charge in [0, 0.05) is 5.56 Å². The number of hydrogen-bond acceptors (Lipinski definition) is 3. The SMILES string of the molecule is Cc1ccc(C#CCN)c(N2C(=O)C3C(C2=O)C3(C)C)c1. The van der Waals surface area contributed by atoms with E-state index in [9.17, 15) is 9.59 Å². The summed E-state index contributed by atoms with van der Waals surface area (Å²) in [4.78, 5) is 26.4. The Balaban J connectivity index is 2.04. The van der Waals surface area contributed by atoms with Gasteiger partial charge < -0.3 is 5.73 Å². The van der Waals surface area contributed by atoms with E-state index in [1.807, 2.05) is 39.0 Å². The summed E-state index contributed by atoms with van der Waals surface area (Å²) in [7, 11) is 0. The Morgan fingerprint density at radius 3 is 2.43 bits per heavy atom. The Labute approximate surface area is 124 Å². The van der Waals surface area contributed by atoms with Crippen molar-refractivity contribution in [3.05, 3.63) is 29.3 Å². The van der Waals surface area contributed by atoms with E-state index in [4.69, 9.17) is 5.73 Å². The number of rotatable bonds is 1. The van der Waals surface area contributed by atoms with Crippen LogP contribution in [0.2, 0.25) is 0 Å². The first-order valence-corrected chi connectivity index (χ1v) is 7.07. The smallest absolute Gasteiger partial charge is 0.238 e. The zero-order chi connectivity index (χ0) is 15.4. The van der Waals surface area contributed by atoms with Crippen LogP contribution >= 0.6 is 0 Å². The second-order valence-corrected chi connectivity index (χ2v) is 6.32. The van der Waals surface area contributed by atoms with Crippen LogP contribution in [0.15, 0.2) is 18.2 Å². The van der Waals surface area contributed by atoms with E-state index < -0.39 is 0 Å². The molecule has 108 valence electrons. The molecule has 1 aromatic carbocycles. The first kappa shape index (κ1) is 13.8.